The summed E-state index contributed by atoms with van der Waals surface area (Å²) in [5.41, 5.74) is 5.39. The Bertz CT molecular complexity index is 572. The normalized spacial score (nSPS) is 17.5. The van der Waals surface area contributed by atoms with Crippen LogP contribution in [0, 0.1) is 0 Å². The Kier molecular flexibility index (Phi) is 4.42. The van der Waals surface area contributed by atoms with E-state index in [0.717, 1.165) is 0 Å². The van der Waals surface area contributed by atoms with Gasteiger partial charge in [0.1, 0.15) is 11.8 Å². The minimum atomic E-state index is -1.02. The van der Waals surface area contributed by atoms with Crippen molar-refractivity contribution in [3.8, 4) is 5.75 Å². The summed E-state index contributed by atoms with van der Waals surface area (Å²) in [6.07, 6.45) is 1.10. The molecule has 1 atom stereocenters. The highest BCUT2D eigenvalue weighted by Gasteiger charge is 2.34. The van der Waals surface area contributed by atoms with E-state index < -0.39 is 23.8 Å². The van der Waals surface area contributed by atoms with Gasteiger partial charge in [0.25, 0.3) is 11.8 Å². The Hall–Kier alpha value is -2.57. The zero-order chi connectivity index (χ0) is 15.4. The van der Waals surface area contributed by atoms with Gasteiger partial charge in [-0.1, -0.05) is 12.1 Å². The first-order valence-electron chi connectivity index (χ1n) is 6.54. The average molecular weight is 292 g/mol. The molecular weight excluding hydrogens is 276 g/mol. The fourth-order valence-electron chi connectivity index (χ4n) is 2.34. The van der Waals surface area contributed by atoms with Gasteiger partial charge < -0.3 is 20.5 Å². The summed E-state index contributed by atoms with van der Waals surface area (Å²) in [5, 5.41) is 9.04. The van der Waals surface area contributed by atoms with Crippen molar-refractivity contribution in [2.45, 2.75) is 18.9 Å². The number of rotatable bonds is 5. The molecule has 0 bridgehead atoms. The van der Waals surface area contributed by atoms with E-state index in [9.17, 15) is 14.4 Å². The van der Waals surface area contributed by atoms with Crippen molar-refractivity contribution in [2.24, 2.45) is 5.73 Å². The number of amides is 2. The SMILES string of the molecule is NC(=O)c1ccccc1OCC(=O)N1CCC[C@@H]1C(=O)O. The number of primary amides is 1. The van der Waals surface area contributed by atoms with Gasteiger partial charge in [0.05, 0.1) is 5.56 Å². The van der Waals surface area contributed by atoms with Gasteiger partial charge in [-0.15, -0.1) is 0 Å². The van der Waals surface area contributed by atoms with Gasteiger partial charge in [0, 0.05) is 6.54 Å². The lowest BCUT2D eigenvalue weighted by atomic mass is 10.2. The highest BCUT2D eigenvalue weighted by Crippen LogP contribution is 2.20. The van der Waals surface area contributed by atoms with Crippen molar-refractivity contribution in [2.75, 3.05) is 13.2 Å². The van der Waals surface area contributed by atoms with Crippen LogP contribution in [0.15, 0.2) is 24.3 Å². The number of carboxylic acids is 1. The van der Waals surface area contributed by atoms with Crippen LogP contribution >= 0.6 is 0 Å². The van der Waals surface area contributed by atoms with Gasteiger partial charge in [-0.05, 0) is 25.0 Å². The van der Waals surface area contributed by atoms with E-state index in [4.69, 9.17) is 15.6 Å². The summed E-state index contributed by atoms with van der Waals surface area (Å²) >= 11 is 0. The number of ether oxygens (including phenoxy) is 1. The van der Waals surface area contributed by atoms with Crippen molar-refractivity contribution in [3.05, 3.63) is 29.8 Å². The maximum Gasteiger partial charge on any atom is 0.326 e. The summed E-state index contributed by atoms with van der Waals surface area (Å²) in [7, 11) is 0. The quantitative estimate of drug-likeness (QED) is 0.807. The molecule has 7 nitrogen and oxygen atoms in total. The summed E-state index contributed by atoms with van der Waals surface area (Å²) in [5.74, 6) is -1.87. The van der Waals surface area contributed by atoms with Gasteiger partial charge in [0.2, 0.25) is 0 Å². The van der Waals surface area contributed by atoms with E-state index in [1.807, 2.05) is 0 Å². The van der Waals surface area contributed by atoms with Crippen LogP contribution < -0.4 is 10.5 Å². The molecule has 1 heterocycles. The molecule has 3 N–H and O–H groups in total. The Morgan fingerprint density at radius 2 is 2.05 bits per heavy atom. The Balaban J connectivity index is 2.02. The molecule has 1 fully saturated rings. The van der Waals surface area contributed by atoms with Crippen molar-refractivity contribution in [3.63, 3.8) is 0 Å². The maximum absolute atomic E-state index is 12.0. The number of para-hydroxylation sites is 1. The van der Waals surface area contributed by atoms with Crippen LogP contribution in [-0.2, 0) is 9.59 Å². The molecule has 21 heavy (non-hydrogen) atoms. The minimum absolute atomic E-state index is 0.182. The van der Waals surface area contributed by atoms with Gasteiger partial charge in [-0.2, -0.15) is 0 Å². The molecule has 2 amide bonds. The molecule has 0 unspecified atom stereocenters. The van der Waals surface area contributed by atoms with Crippen LogP contribution in [-0.4, -0.2) is 47.0 Å². The second kappa shape index (κ2) is 6.25. The molecule has 0 spiro atoms. The van der Waals surface area contributed by atoms with E-state index in [-0.39, 0.29) is 17.9 Å². The van der Waals surface area contributed by atoms with Gasteiger partial charge in [-0.3, -0.25) is 9.59 Å². The van der Waals surface area contributed by atoms with E-state index in [1.165, 1.54) is 17.0 Å². The molecule has 2 rings (SSSR count). The lowest BCUT2D eigenvalue weighted by Gasteiger charge is -2.21. The number of nitrogens with two attached hydrogens (primary N) is 1. The molecule has 1 saturated heterocycles. The number of benzene rings is 1. The second-order valence-electron chi connectivity index (χ2n) is 4.73. The minimum Gasteiger partial charge on any atom is -0.483 e. The second-order valence-corrected chi connectivity index (χ2v) is 4.73. The Labute approximate surface area is 121 Å². The van der Waals surface area contributed by atoms with E-state index >= 15 is 0 Å². The summed E-state index contributed by atoms with van der Waals surface area (Å²) in [6, 6.07) is 5.52. The fraction of sp³-hybridized carbons (Fsp3) is 0.357. The number of carboxylic acid groups (broad SMARTS) is 1. The zero-order valence-corrected chi connectivity index (χ0v) is 11.3. The number of carbonyl (C=O) groups excluding carboxylic acids is 2. The molecule has 1 aliphatic rings. The zero-order valence-electron chi connectivity index (χ0n) is 11.3. The Morgan fingerprint density at radius 3 is 2.71 bits per heavy atom. The third-order valence-corrected chi connectivity index (χ3v) is 3.36. The smallest absolute Gasteiger partial charge is 0.326 e. The van der Waals surface area contributed by atoms with Gasteiger partial charge in [0.15, 0.2) is 6.61 Å². The van der Waals surface area contributed by atoms with E-state index in [1.54, 1.807) is 12.1 Å². The lowest BCUT2D eigenvalue weighted by molar-refractivity contribution is -0.148. The molecule has 0 saturated carbocycles. The Morgan fingerprint density at radius 1 is 1.33 bits per heavy atom. The van der Waals surface area contributed by atoms with Crippen LogP contribution in [0.3, 0.4) is 0 Å². The fourth-order valence-corrected chi connectivity index (χ4v) is 2.34. The van der Waals surface area contributed by atoms with Crippen LogP contribution in [0.2, 0.25) is 0 Å². The molecule has 0 aliphatic carbocycles. The first-order chi connectivity index (χ1) is 10.0. The monoisotopic (exact) mass is 292 g/mol. The van der Waals surface area contributed by atoms with Crippen molar-refractivity contribution in [1.29, 1.82) is 0 Å². The molecule has 1 aliphatic heterocycles. The molecule has 0 aromatic heterocycles. The summed E-state index contributed by atoms with van der Waals surface area (Å²) < 4.78 is 5.32. The topological polar surface area (TPSA) is 110 Å². The number of aliphatic carboxylic acids is 1. The maximum atomic E-state index is 12.0. The molecule has 1 aromatic carbocycles. The average Bonchev–Trinajstić information content (AvgIpc) is 2.94. The number of hydrogen-bond donors (Lipinski definition) is 2. The largest absolute Gasteiger partial charge is 0.483 e. The van der Waals surface area contributed by atoms with E-state index in [0.29, 0.717) is 19.4 Å². The molecule has 7 heteroatoms. The summed E-state index contributed by atoms with van der Waals surface area (Å²) in [4.78, 5) is 35.6. The van der Waals surface area contributed by atoms with Gasteiger partial charge >= 0.3 is 5.97 Å². The third-order valence-electron chi connectivity index (χ3n) is 3.36. The van der Waals surface area contributed by atoms with Crippen molar-refractivity contribution < 1.29 is 24.2 Å². The molecule has 0 radical (unpaired) electrons. The number of nitrogens with zero attached hydrogens (tertiary/aromatic N) is 1. The molecule has 112 valence electrons. The van der Waals surface area contributed by atoms with Gasteiger partial charge in [-0.25, -0.2) is 4.79 Å². The standard InChI is InChI=1S/C14H16N2O5/c15-13(18)9-4-1-2-6-11(9)21-8-12(17)16-7-3-5-10(16)14(19)20/h1-2,4,6,10H,3,5,7-8H2,(H2,15,18)(H,19,20)/t10-/m1/s1. The first kappa shape index (κ1) is 14.8. The van der Waals surface area contributed by atoms with Crippen LogP contribution in [0.5, 0.6) is 5.75 Å². The highest BCUT2D eigenvalue weighted by molar-refractivity contribution is 5.95. The highest BCUT2D eigenvalue weighted by atomic mass is 16.5. The summed E-state index contributed by atoms with van der Waals surface area (Å²) in [6.45, 7) is 0.0741. The first-order valence-corrected chi connectivity index (χ1v) is 6.54. The predicted molar refractivity (Wildman–Crippen MR) is 72.8 cm³/mol. The predicted octanol–water partition coefficient (Wildman–Crippen LogP) is 0.240. The number of hydrogen-bond acceptors (Lipinski definition) is 4. The lowest BCUT2D eigenvalue weighted by Crippen LogP contribution is -2.42. The van der Waals surface area contributed by atoms with Crippen molar-refractivity contribution in [1.82, 2.24) is 4.90 Å². The number of likely N-dealkylation sites (tertiary alicyclic amines) is 1. The number of carbonyl (C=O) groups is 3. The van der Waals surface area contributed by atoms with Crippen LogP contribution in [0.4, 0.5) is 0 Å². The third kappa shape index (κ3) is 3.31. The van der Waals surface area contributed by atoms with Crippen LogP contribution in [0.1, 0.15) is 23.2 Å². The molecular formula is C14H16N2O5. The van der Waals surface area contributed by atoms with Crippen molar-refractivity contribution >= 4 is 17.8 Å². The van der Waals surface area contributed by atoms with E-state index in [2.05, 4.69) is 0 Å². The van der Waals surface area contributed by atoms with Crippen LogP contribution in [0.25, 0.3) is 0 Å². The molecule has 1 aromatic rings.